The first kappa shape index (κ1) is 16.7. The van der Waals surface area contributed by atoms with Gasteiger partial charge in [0, 0.05) is 24.5 Å². The smallest absolute Gasteiger partial charge is 0.281 e. The van der Waals surface area contributed by atoms with Crippen LogP contribution in [0.25, 0.3) is 20.3 Å². The zero-order valence-corrected chi connectivity index (χ0v) is 15.4. The lowest BCUT2D eigenvalue weighted by Crippen LogP contribution is -2.35. The fourth-order valence-electron chi connectivity index (χ4n) is 2.81. The lowest BCUT2D eigenvalue weighted by Gasteiger charge is -2.22. The van der Waals surface area contributed by atoms with Crippen molar-refractivity contribution in [3.05, 3.63) is 22.5 Å². The van der Waals surface area contributed by atoms with E-state index in [0.717, 1.165) is 44.6 Å². The van der Waals surface area contributed by atoms with Gasteiger partial charge in [-0.1, -0.05) is 0 Å². The van der Waals surface area contributed by atoms with Crippen LogP contribution in [0, 0.1) is 6.92 Å². The van der Waals surface area contributed by atoms with Gasteiger partial charge in [0.1, 0.15) is 5.75 Å². The SMILES string of the molecule is Cc1nc2c(cc(OCC(=O)NOC3CCCCO3)c3ccsc32)s1. The molecule has 0 bridgehead atoms. The number of rotatable bonds is 5. The van der Waals surface area contributed by atoms with Gasteiger partial charge in [0.2, 0.25) is 0 Å². The zero-order chi connectivity index (χ0) is 17.2. The minimum absolute atomic E-state index is 0.110. The second-order valence-corrected chi connectivity index (χ2v) is 8.00. The van der Waals surface area contributed by atoms with E-state index < -0.39 is 0 Å². The van der Waals surface area contributed by atoms with E-state index in [1.807, 2.05) is 24.4 Å². The third kappa shape index (κ3) is 3.62. The van der Waals surface area contributed by atoms with E-state index in [1.165, 1.54) is 0 Å². The molecule has 8 heteroatoms. The predicted octanol–water partition coefficient (Wildman–Crippen LogP) is 3.77. The average molecular weight is 378 g/mol. The molecule has 3 heterocycles. The summed E-state index contributed by atoms with van der Waals surface area (Å²) in [6.45, 7) is 2.55. The van der Waals surface area contributed by atoms with Crippen molar-refractivity contribution in [2.75, 3.05) is 13.2 Å². The topological polar surface area (TPSA) is 69.7 Å². The number of thiophene rings is 1. The monoisotopic (exact) mass is 378 g/mol. The second kappa shape index (κ2) is 7.25. The number of nitrogens with one attached hydrogen (secondary N) is 1. The van der Waals surface area contributed by atoms with Gasteiger partial charge in [-0.2, -0.15) is 0 Å². The lowest BCUT2D eigenvalue weighted by molar-refractivity contribution is -0.201. The number of aryl methyl sites for hydroxylation is 1. The first-order valence-corrected chi connectivity index (χ1v) is 9.86. The van der Waals surface area contributed by atoms with Crippen LogP contribution in [0.4, 0.5) is 0 Å². The Morgan fingerprint density at radius 2 is 2.40 bits per heavy atom. The molecule has 1 aromatic carbocycles. The van der Waals surface area contributed by atoms with Crippen molar-refractivity contribution in [3.8, 4) is 5.75 Å². The zero-order valence-electron chi connectivity index (χ0n) is 13.7. The maximum absolute atomic E-state index is 12.0. The number of hydrogen-bond donors (Lipinski definition) is 1. The van der Waals surface area contributed by atoms with Crippen molar-refractivity contribution in [1.29, 1.82) is 0 Å². The third-order valence-corrected chi connectivity index (χ3v) is 5.81. The fraction of sp³-hybridized carbons (Fsp3) is 0.412. The van der Waals surface area contributed by atoms with Crippen LogP contribution < -0.4 is 10.2 Å². The summed E-state index contributed by atoms with van der Waals surface area (Å²) in [6, 6.07) is 3.95. The van der Waals surface area contributed by atoms with Crippen LogP contribution >= 0.6 is 22.7 Å². The van der Waals surface area contributed by atoms with Crippen LogP contribution in [-0.4, -0.2) is 30.4 Å². The number of thiazole rings is 1. The molecule has 1 N–H and O–H groups in total. The number of fused-ring (bicyclic) bond motifs is 3. The number of hydrogen-bond acceptors (Lipinski definition) is 7. The molecule has 3 aromatic rings. The molecule has 1 fully saturated rings. The van der Waals surface area contributed by atoms with Gasteiger partial charge in [-0.15, -0.1) is 22.7 Å². The number of carbonyl (C=O) groups excluding carboxylic acids is 1. The summed E-state index contributed by atoms with van der Waals surface area (Å²) in [5.41, 5.74) is 3.41. The molecule has 0 spiro atoms. The maximum atomic E-state index is 12.0. The van der Waals surface area contributed by atoms with Gasteiger partial charge < -0.3 is 9.47 Å². The van der Waals surface area contributed by atoms with E-state index in [0.29, 0.717) is 12.4 Å². The molecule has 0 saturated carbocycles. The number of amides is 1. The molecule has 25 heavy (non-hydrogen) atoms. The largest absolute Gasteiger partial charge is 0.483 e. The van der Waals surface area contributed by atoms with E-state index >= 15 is 0 Å². The molecular formula is C17H18N2O4S2. The summed E-state index contributed by atoms with van der Waals surface area (Å²) in [5, 5.41) is 4.00. The number of carbonyl (C=O) groups is 1. The quantitative estimate of drug-likeness (QED) is 0.685. The second-order valence-electron chi connectivity index (χ2n) is 5.85. The first-order chi connectivity index (χ1) is 12.2. The number of nitrogens with zero attached hydrogens (tertiary/aromatic N) is 1. The van der Waals surface area contributed by atoms with Gasteiger partial charge in [-0.25, -0.2) is 15.3 Å². The molecule has 1 atom stereocenters. The summed E-state index contributed by atoms with van der Waals surface area (Å²) in [4.78, 5) is 21.8. The minimum atomic E-state index is -0.363. The molecule has 4 rings (SSSR count). The molecule has 132 valence electrons. The molecule has 1 saturated heterocycles. The normalized spacial score (nSPS) is 17.9. The molecule has 1 aliphatic rings. The fourth-order valence-corrected chi connectivity index (χ4v) is 4.65. The molecule has 6 nitrogen and oxygen atoms in total. The van der Waals surface area contributed by atoms with Crippen LogP contribution in [0.3, 0.4) is 0 Å². The summed E-state index contributed by atoms with van der Waals surface area (Å²) >= 11 is 3.25. The highest BCUT2D eigenvalue weighted by atomic mass is 32.1. The Morgan fingerprint density at radius 3 is 3.24 bits per heavy atom. The predicted molar refractivity (Wildman–Crippen MR) is 98.1 cm³/mol. The van der Waals surface area contributed by atoms with Crippen LogP contribution in [0.1, 0.15) is 24.3 Å². The molecule has 0 aliphatic carbocycles. The molecule has 0 radical (unpaired) electrons. The Morgan fingerprint density at radius 1 is 1.48 bits per heavy atom. The van der Waals surface area contributed by atoms with Crippen molar-refractivity contribution in [2.24, 2.45) is 0 Å². The van der Waals surface area contributed by atoms with E-state index in [2.05, 4.69) is 10.5 Å². The molecule has 1 amide bonds. The average Bonchev–Trinajstić information content (AvgIpc) is 3.24. The van der Waals surface area contributed by atoms with Crippen molar-refractivity contribution in [1.82, 2.24) is 10.5 Å². The van der Waals surface area contributed by atoms with Crippen molar-refractivity contribution < 1.29 is 19.1 Å². The highest BCUT2D eigenvalue weighted by Gasteiger charge is 2.17. The van der Waals surface area contributed by atoms with Crippen molar-refractivity contribution >= 4 is 48.9 Å². The highest BCUT2D eigenvalue weighted by Crippen LogP contribution is 2.38. The van der Waals surface area contributed by atoms with E-state index in [4.69, 9.17) is 14.3 Å². The number of hydroxylamine groups is 1. The van der Waals surface area contributed by atoms with E-state index in [9.17, 15) is 4.79 Å². The summed E-state index contributed by atoms with van der Waals surface area (Å²) in [7, 11) is 0. The third-order valence-electron chi connectivity index (χ3n) is 3.97. The number of aromatic nitrogens is 1. The van der Waals surface area contributed by atoms with Gasteiger partial charge in [-0.3, -0.25) is 4.79 Å². The van der Waals surface area contributed by atoms with E-state index in [-0.39, 0.29) is 18.8 Å². The standard InChI is InChI=1S/C17H18N2O4S2/c1-10-18-16-13(25-10)8-12(11-5-7-24-17(11)16)22-9-14(20)19-23-15-4-2-3-6-21-15/h5,7-8,15H,2-4,6,9H2,1H3,(H,19,20). The van der Waals surface area contributed by atoms with Gasteiger partial charge in [-0.05, 0) is 31.2 Å². The number of ether oxygens (including phenoxy) is 2. The Kier molecular flexibility index (Phi) is 4.85. The van der Waals surface area contributed by atoms with Crippen LogP contribution in [-0.2, 0) is 14.4 Å². The Hall–Kier alpha value is -1.74. The van der Waals surface area contributed by atoms with Gasteiger partial charge >= 0.3 is 0 Å². The van der Waals surface area contributed by atoms with Crippen LogP contribution in [0.2, 0.25) is 0 Å². The van der Waals surface area contributed by atoms with Gasteiger partial charge in [0.25, 0.3) is 5.91 Å². The molecule has 1 aliphatic heterocycles. The highest BCUT2D eigenvalue weighted by molar-refractivity contribution is 7.21. The summed E-state index contributed by atoms with van der Waals surface area (Å²) in [5.74, 6) is 0.356. The molecule has 1 unspecified atom stereocenters. The van der Waals surface area contributed by atoms with Gasteiger partial charge in [0.15, 0.2) is 12.9 Å². The van der Waals surface area contributed by atoms with Crippen molar-refractivity contribution in [3.63, 3.8) is 0 Å². The lowest BCUT2D eigenvalue weighted by atomic mass is 10.2. The van der Waals surface area contributed by atoms with Crippen LogP contribution in [0.5, 0.6) is 5.75 Å². The Bertz CT molecular complexity index is 899. The van der Waals surface area contributed by atoms with Crippen molar-refractivity contribution in [2.45, 2.75) is 32.5 Å². The number of benzene rings is 1. The summed E-state index contributed by atoms with van der Waals surface area (Å²) in [6.07, 6.45) is 2.50. The van der Waals surface area contributed by atoms with Gasteiger partial charge in [0.05, 0.1) is 19.9 Å². The first-order valence-electron chi connectivity index (χ1n) is 8.17. The minimum Gasteiger partial charge on any atom is -0.483 e. The van der Waals surface area contributed by atoms with Crippen LogP contribution in [0.15, 0.2) is 17.5 Å². The van der Waals surface area contributed by atoms with E-state index in [1.54, 1.807) is 22.7 Å². The summed E-state index contributed by atoms with van der Waals surface area (Å²) < 4.78 is 13.3. The maximum Gasteiger partial charge on any atom is 0.281 e. The Labute approximate surface area is 152 Å². The Balaban J connectivity index is 1.43. The molecule has 2 aromatic heterocycles. The molecular weight excluding hydrogens is 360 g/mol.